The van der Waals surface area contributed by atoms with Gasteiger partial charge in [0, 0.05) is 6.54 Å². The van der Waals surface area contributed by atoms with Gasteiger partial charge in [0.2, 0.25) is 5.91 Å². The fourth-order valence-corrected chi connectivity index (χ4v) is 2.49. The molecule has 0 heterocycles. The van der Waals surface area contributed by atoms with Crippen molar-refractivity contribution < 1.29 is 14.3 Å². The summed E-state index contributed by atoms with van der Waals surface area (Å²) in [6.07, 6.45) is 2.64. The summed E-state index contributed by atoms with van der Waals surface area (Å²) in [6, 6.07) is 9.06. The molecule has 0 aliphatic carbocycles. The number of hydrogen-bond donors (Lipinski definition) is 2. The Labute approximate surface area is 151 Å². The molecule has 1 aromatic carbocycles. The molecule has 0 fully saturated rings. The van der Waals surface area contributed by atoms with E-state index in [0.717, 1.165) is 24.8 Å². The van der Waals surface area contributed by atoms with E-state index < -0.39 is 23.7 Å². The lowest BCUT2D eigenvalue weighted by Gasteiger charge is -2.27. The normalized spacial score (nSPS) is 13.6. The van der Waals surface area contributed by atoms with E-state index in [1.165, 1.54) is 0 Å². The number of amides is 2. The van der Waals surface area contributed by atoms with Crippen LogP contribution in [0.1, 0.15) is 65.5 Å². The molecule has 0 radical (unpaired) electrons. The second kappa shape index (κ2) is 10.1. The van der Waals surface area contributed by atoms with Crippen LogP contribution in [0, 0.1) is 5.92 Å². The summed E-state index contributed by atoms with van der Waals surface area (Å²) in [5, 5.41) is 5.81. The van der Waals surface area contributed by atoms with E-state index in [1.54, 1.807) is 0 Å². The van der Waals surface area contributed by atoms with Gasteiger partial charge in [0.05, 0.1) is 12.0 Å². The van der Waals surface area contributed by atoms with Crippen LogP contribution < -0.4 is 10.6 Å². The van der Waals surface area contributed by atoms with Gasteiger partial charge in [-0.05, 0) is 32.8 Å². The molecule has 140 valence electrons. The van der Waals surface area contributed by atoms with Gasteiger partial charge in [0.15, 0.2) is 0 Å². The topological polar surface area (TPSA) is 67.4 Å². The van der Waals surface area contributed by atoms with Crippen molar-refractivity contribution in [1.29, 1.82) is 0 Å². The van der Waals surface area contributed by atoms with Crippen LogP contribution >= 0.6 is 0 Å². The average Bonchev–Trinajstić information content (AvgIpc) is 2.55. The van der Waals surface area contributed by atoms with E-state index >= 15 is 0 Å². The number of rotatable bonds is 8. The fraction of sp³-hybridized carbons (Fsp3) is 0.600. The van der Waals surface area contributed by atoms with Gasteiger partial charge in [-0.2, -0.15) is 0 Å². The highest BCUT2D eigenvalue weighted by molar-refractivity contribution is 5.80. The highest BCUT2D eigenvalue weighted by atomic mass is 16.6. The Morgan fingerprint density at radius 2 is 1.76 bits per heavy atom. The van der Waals surface area contributed by atoms with Crippen molar-refractivity contribution in [2.24, 2.45) is 5.92 Å². The SMILES string of the molecule is CCCCCNC(=O)[C@H](C)[C@H](NC(=O)OC(C)(C)C)c1ccccc1. The first-order valence-electron chi connectivity index (χ1n) is 9.06. The summed E-state index contributed by atoms with van der Waals surface area (Å²) in [7, 11) is 0. The van der Waals surface area contributed by atoms with Crippen LogP contribution in [0.4, 0.5) is 4.79 Å². The van der Waals surface area contributed by atoms with Gasteiger partial charge in [0.25, 0.3) is 0 Å². The largest absolute Gasteiger partial charge is 0.444 e. The number of carbonyl (C=O) groups is 2. The predicted molar refractivity (Wildman–Crippen MR) is 100 cm³/mol. The smallest absolute Gasteiger partial charge is 0.408 e. The van der Waals surface area contributed by atoms with Crippen LogP contribution in [0.3, 0.4) is 0 Å². The molecule has 1 rings (SSSR count). The molecule has 2 amide bonds. The number of carbonyl (C=O) groups excluding carboxylic acids is 2. The molecule has 0 spiro atoms. The van der Waals surface area contributed by atoms with Crippen molar-refractivity contribution >= 4 is 12.0 Å². The first-order chi connectivity index (χ1) is 11.7. The second-order valence-corrected chi connectivity index (χ2v) is 7.32. The summed E-state index contributed by atoms with van der Waals surface area (Å²) in [5.74, 6) is -0.474. The second-order valence-electron chi connectivity index (χ2n) is 7.32. The molecule has 0 aromatic heterocycles. The molecular formula is C20H32N2O3. The fourth-order valence-electron chi connectivity index (χ4n) is 2.49. The molecule has 0 unspecified atom stereocenters. The molecule has 0 saturated carbocycles. The number of nitrogens with one attached hydrogen (secondary N) is 2. The number of hydrogen-bond acceptors (Lipinski definition) is 3. The molecule has 25 heavy (non-hydrogen) atoms. The minimum absolute atomic E-state index is 0.0685. The van der Waals surface area contributed by atoms with E-state index in [1.807, 2.05) is 58.0 Å². The maximum atomic E-state index is 12.5. The molecule has 2 atom stereocenters. The maximum absolute atomic E-state index is 12.5. The molecule has 5 heteroatoms. The third-order valence-corrected chi connectivity index (χ3v) is 3.82. The van der Waals surface area contributed by atoms with E-state index in [4.69, 9.17) is 4.74 Å². The van der Waals surface area contributed by atoms with E-state index in [-0.39, 0.29) is 5.91 Å². The van der Waals surface area contributed by atoms with Gasteiger partial charge < -0.3 is 15.4 Å². The van der Waals surface area contributed by atoms with Gasteiger partial charge in [-0.1, -0.05) is 57.0 Å². The lowest BCUT2D eigenvalue weighted by molar-refractivity contribution is -0.125. The molecule has 1 aromatic rings. The van der Waals surface area contributed by atoms with Gasteiger partial charge in [0.1, 0.15) is 5.60 Å². The average molecular weight is 348 g/mol. The quantitative estimate of drug-likeness (QED) is 0.692. The molecule has 0 aliphatic heterocycles. The van der Waals surface area contributed by atoms with Crippen molar-refractivity contribution in [1.82, 2.24) is 10.6 Å². The lowest BCUT2D eigenvalue weighted by Crippen LogP contribution is -2.42. The Hall–Kier alpha value is -2.04. The number of alkyl carbamates (subject to hydrolysis) is 1. The van der Waals surface area contributed by atoms with Crippen molar-refractivity contribution in [3.8, 4) is 0 Å². The Bertz CT molecular complexity index is 538. The highest BCUT2D eigenvalue weighted by Crippen LogP contribution is 2.23. The Kier molecular flexibility index (Phi) is 8.46. The van der Waals surface area contributed by atoms with Crippen molar-refractivity contribution in [3.05, 3.63) is 35.9 Å². The zero-order chi connectivity index (χ0) is 18.9. The Balaban J connectivity index is 2.80. The third kappa shape index (κ3) is 8.05. The standard InChI is InChI=1S/C20H32N2O3/c1-6-7-11-14-21-18(23)15(2)17(16-12-9-8-10-13-16)22-19(24)25-20(3,4)5/h8-10,12-13,15,17H,6-7,11,14H2,1-5H3,(H,21,23)(H,22,24)/t15-,17+/m1/s1. The van der Waals surface area contributed by atoms with E-state index in [0.29, 0.717) is 6.54 Å². The van der Waals surface area contributed by atoms with Gasteiger partial charge in [-0.15, -0.1) is 0 Å². The first-order valence-corrected chi connectivity index (χ1v) is 9.06. The van der Waals surface area contributed by atoms with E-state index in [2.05, 4.69) is 17.6 Å². The lowest BCUT2D eigenvalue weighted by atomic mass is 9.93. The van der Waals surface area contributed by atoms with Crippen molar-refractivity contribution in [3.63, 3.8) is 0 Å². The summed E-state index contributed by atoms with van der Waals surface area (Å²) in [4.78, 5) is 24.7. The predicted octanol–water partition coefficient (Wildman–Crippen LogP) is 4.19. The van der Waals surface area contributed by atoms with Crippen LogP contribution in [0.2, 0.25) is 0 Å². The zero-order valence-electron chi connectivity index (χ0n) is 16.1. The van der Waals surface area contributed by atoms with Gasteiger partial charge in [-0.3, -0.25) is 4.79 Å². The summed E-state index contributed by atoms with van der Waals surface area (Å²) >= 11 is 0. The highest BCUT2D eigenvalue weighted by Gasteiger charge is 2.28. The van der Waals surface area contributed by atoms with Crippen LogP contribution in [-0.4, -0.2) is 24.1 Å². The van der Waals surface area contributed by atoms with Crippen molar-refractivity contribution in [2.75, 3.05) is 6.54 Å². The van der Waals surface area contributed by atoms with Crippen LogP contribution in [0.5, 0.6) is 0 Å². The molecule has 2 N–H and O–H groups in total. The third-order valence-electron chi connectivity index (χ3n) is 3.82. The van der Waals surface area contributed by atoms with Gasteiger partial charge >= 0.3 is 6.09 Å². The minimum Gasteiger partial charge on any atom is -0.444 e. The van der Waals surface area contributed by atoms with Crippen LogP contribution in [0.25, 0.3) is 0 Å². The first kappa shape index (κ1) is 21.0. The summed E-state index contributed by atoms with van der Waals surface area (Å²) < 4.78 is 5.35. The molecule has 0 aliphatic rings. The Morgan fingerprint density at radius 1 is 1.12 bits per heavy atom. The molecule has 0 bridgehead atoms. The Morgan fingerprint density at radius 3 is 2.32 bits per heavy atom. The van der Waals surface area contributed by atoms with E-state index in [9.17, 15) is 9.59 Å². The van der Waals surface area contributed by atoms with Crippen molar-refractivity contribution in [2.45, 2.75) is 65.5 Å². The molecular weight excluding hydrogens is 316 g/mol. The number of unbranched alkanes of at least 4 members (excludes halogenated alkanes) is 2. The maximum Gasteiger partial charge on any atom is 0.408 e. The van der Waals surface area contributed by atoms with Crippen LogP contribution in [-0.2, 0) is 9.53 Å². The van der Waals surface area contributed by atoms with Gasteiger partial charge in [-0.25, -0.2) is 4.79 Å². The summed E-state index contributed by atoms with van der Waals surface area (Å²) in [6.45, 7) is 10.0. The minimum atomic E-state index is -0.586. The molecule has 5 nitrogen and oxygen atoms in total. The zero-order valence-corrected chi connectivity index (χ0v) is 16.1. The monoisotopic (exact) mass is 348 g/mol. The summed E-state index contributed by atoms with van der Waals surface area (Å²) in [5.41, 5.74) is 0.293. The molecule has 0 saturated heterocycles. The van der Waals surface area contributed by atoms with Crippen LogP contribution in [0.15, 0.2) is 30.3 Å². The number of ether oxygens (including phenoxy) is 1. The number of benzene rings is 1.